The number of Topliss-reactive ketones (excluding diaryl/α,β-unsaturated/α-hetero) is 1. The summed E-state index contributed by atoms with van der Waals surface area (Å²) in [7, 11) is 0. The van der Waals surface area contributed by atoms with E-state index in [-0.39, 0.29) is 17.7 Å². The number of fused-ring (bicyclic) bond motifs is 1. The Morgan fingerprint density at radius 2 is 1.86 bits per heavy atom. The number of benzene rings is 2. The molecule has 0 fully saturated rings. The van der Waals surface area contributed by atoms with Gasteiger partial charge in [-0.1, -0.05) is 36.4 Å². The van der Waals surface area contributed by atoms with Crippen LogP contribution in [0, 0.1) is 0 Å². The summed E-state index contributed by atoms with van der Waals surface area (Å²) in [6.45, 7) is 2.15. The molecular weight excluding hydrogens is 264 g/mol. The van der Waals surface area contributed by atoms with E-state index in [1.165, 1.54) is 0 Å². The fourth-order valence-electron chi connectivity index (χ4n) is 2.82. The summed E-state index contributed by atoms with van der Waals surface area (Å²) in [5.41, 5.74) is 3.49. The van der Waals surface area contributed by atoms with Gasteiger partial charge < -0.3 is 4.74 Å². The molecule has 0 heterocycles. The maximum atomic E-state index is 12.0. The minimum absolute atomic E-state index is 0.0879. The average Bonchev–Trinajstić information content (AvgIpc) is 2.85. The Hall–Kier alpha value is -2.42. The van der Waals surface area contributed by atoms with Gasteiger partial charge in [0, 0.05) is 17.9 Å². The molecule has 0 spiro atoms. The third-order valence-electron chi connectivity index (χ3n) is 3.85. The minimum atomic E-state index is -0.313. The third-order valence-corrected chi connectivity index (χ3v) is 3.85. The predicted molar refractivity (Wildman–Crippen MR) is 79.6 cm³/mol. The fraction of sp³-hybridized carbons (Fsp3) is 0.222. The molecule has 106 valence electrons. The van der Waals surface area contributed by atoms with Gasteiger partial charge in [0.15, 0.2) is 5.78 Å². The van der Waals surface area contributed by atoms with Crippen molar-refractivity contribution < 1.29 is 14.3 Å². The van der Waals surface area contributed by atoms with Gasteiger partial charge in [-0.05, 0) is 30.2 Å². The SMILES string of the molecule is CCOC(=O)c1ccc(C2CC(=O)c3ccccc32)cc1. The summed E-state index contributed by atoms with van der Waals surface area (Å²) in [5, 5.41) is 0. The number of esters is 1. The van der Waals surface area contributed by atoms with Crippen LogP contribution in [0.15, 0.2) is 48.5 Å². The molecule has 2 aromatic rings. The Labute approximate surface area is 123 Å². The van der Waals surface area contributed by atoms with E-state index in [2.05, 4.69) is 0 Å². The topological polar surface area (TPSA) is 43.4 Å². The van der Waals surface area contributed by atoms with Gasteiger partial charge in [0.05, 0.1) is 12.2 Å². The van der Waals surface area contributed by atoms with Crippen molar-refractivity contribution in [3.63, 3.8) is 0 Å². The highest BCUT2D eigenvalue weighted by atomic mass is 16.5. The Kier molecular flexibility index (Phi) is 3.57. The number of carbonyl (C=O) groups is 2. The lowest BCUT2D eigenvalue weighted by Gasteiger charge is -2.11. The summed E-state index contributed by atoms with van der Waals surface area (Å²) in [4.78, 5) is 23.7. The molecule has 0 aliphatic heterocycles. The van der Waals surface area contributed by atoms with E-state index in [0.29, 0.717) is 18.6 Å². The molecule has 0 radical (unpaired) electrons. The lowest BCUT2D eigenvalue weighted by Crippen LogP contribution is -2.05. The highest BCUT2D eigenvalue weighted by Crippen LogP contribution is 2.37. The molecule has 1 aliphatic carbocycles. The lowest BCUT2D eigenvalue weighted by atomic mass is 9.92. The van der Waals surface area contributed by atoms with Gasteiger partial charge in [0.2, 0.25) is 0 Å². The molecule has 3 nitrogen and oxygen atoms in total. The average molecular weight is 280 g/mol. The van der Waals surface area contributed by atoms with Gasteiger partial charge in [-0.2, -0.15) is 0 Å². The molecule has 3 heteroatoms. The summed E-state index contributed by atoms with van der Waals surface area (Å²) >= 11 is 0. The van der Waals surface area contributed by atoms with E-state index < -0.39 is 0 Å². The van der Waals surface area contributed by atoms with Crippen LogP contribution in [0.25, 0.3) is 0 Å². The summed E-state index contributed by atoms with van der Waals surface area (Å²) in [6.07, 6.45) is 0.498. The lowest BCUT2D eigenvalue weighted by molar-refractivity contribution is 0.0526. The van der Waals surface area contributed by atoms with Crippen molar-refractivity contribution in [1.82, 2.24) is 0 Å². The summed E-state index contributed by atoms with van der Waals surface area (Å²) in [6, 6.07) is 15.1. The molecular formula is C18H16O3. The maximum Gasteiger partial charge on any atom is 0.338 e. The van der Waals surface area contributed by atoms with E-state index >= 15 is 0 Å². The van der Waals surface area contributed by atoms with Gasteiger partial charge in [0.25, 0.3) is 0 Å². The molecule has 0 N–H and O–H groups in total. The predicted octanol–water partition coefficient (Wildman–Crippen LogP) is 3.58. The summed E-state index contributed by atoms with van der Waals surface area (Å²) in [5.74, 6) is -0.0398. The molecule has 21 heavy (non-hydrogen) atoms. The van der Waals surface area contributed by atoms with Gasteiger partial charge in [-0.15, -0.1) is 0 Å². The van der Waals surface area contributed by atoms with Crippen LogP contribution in [0.1, 0.15) is 51.1 Å². The van der Waals surface area contributed by atoms with Crippen molar-refractivity contribution in [2.24, 2.45) is 0 Å². The zero-order valence-corrected chi connectivity index (χ0v) is 11.8. The first kappa shape index (κ1) is 13.6. The van der Waals surface area contributed by atoms with Gasteiger partial charge in [-0.3, -0.25) is 4.79 Å². The van der Waals surface area contributed by atoms with Crippen molar-refractivity contribution in [2.45, 2.75) is 19.3 Å². The van der Waals surface area contributed by atoms with Crippen molar-refractivity contribution in [1.29, 1.82) is 0 Å². The Morgan fingerprint density at radius 1 is 1.14 bits per heavy atom. The molecule has 3 rings (SSSR count). The third kappa shape index (κ3) is 2.47. The van der Waals surface area contributed by atoms with E-state index in [9.17, 15) is 9.59 Å². The molecule has 1 aliphatic rings. The van der Waals surface area contributed by atoms with Crippen LogP contribution in [0.4, 0.5) is 0 Å². The van der Waals surface area contributed by atoms with Crippen molar-refractivity contribution >= 4 is 11.8 Å². The monoisotopic (exact) mass is 280 g/mol. The number of rotatable bonds is 3. The quantitative estimate of drug-likeness (QED) is 0.807. The van der Waals surface area contributed by atoms with Crippen LogP contribution in [-0.4, -0.2) is 18.4 Å². The fourth-order valence-corrected chi connectivity index (χ4v) is 2.82. The largest absolute Gasteiger partial charge is 0.462 e. The Balaban J connectivity index is 1.89. The van der Waals surface area contributed by atoms with Crippen LogP contribution in [0.2, 0.25) is 0 Å². The summed E-state index contributed by atoms with van der Waals surface area (Å²) < 4.78 is 4.97. The second-order valence-electron chi connectivity index (χ2n) is 5.11. The van der Waals surface area contributed by atoms with Crippen molar-refractivity contribution in [2.75, 3.05) is 6.61 Å². The number of carbonyl (C=O) groups excluding carboxylic acids is 2. The molecule has 0 bridgehead atoms. The van der Waals surface area contributed by atoms with Crippen LogP contribution >= 0.6 is 0 Å². The van der Waals surface area contributed by atoms with Gasteiger partial charge in [-0.25, -0.2) is 4.79 Å². The first-order valence-corrected chi connectivity index (χ1v) is 7.10. The number of hydrogen-bond donors (Lipinski definition) is 0. The molecule has 0 saturated carbocycles. The van der Waals surface area contributed by atoms with E-state index in [1.807, 2.05) is 36.4 Å². The Bertz CT molecular complexity index is 686. The highest BCUT2D eigenvalue weighted by molar-refractivity contribution is 6.01. The number of ether oxygens (including phenoxy) is 1. The first-order chi connectivity index (χ1) is 10.2. The van der Waals surface area contributed by atoms with E-state index in [1.54, 1.807) is 19.1 Å². The normalized spacial score (nSPS) is 16.6. The van der Waals surface area contributed by atoms with E-state index in [4.69, 9.17) is 4.74 Å². The molecule has 0 aromatic heterocycles. The molecule has 1 atom stereocenters. The zero-order valence-electron chi connectivity index (χ0n) is 11.8. The standard InChI is InChI=1S/C18H16O3/c1-2-21-18(20)13-9-7-12(8-10-13)16-11-17(19)15-6-4-3-5-14(15)16/h3-10,16H,2,11H2,1H3. The van der Waals surface area contributed by atoms with E-state index in [0.717, 1.165) is 16.7 Å². The van der Waals surface area contributed by atoms with Gasteiger partial charge >= 0.3 is 5.97 Å². The van der Waals surface area contributed by atoms with Crippen LogP contribution < -0.4 is 0 Å². The van der Waals surface area contributed by atoms with Crippen molar-refractivity contribution in [3.05, 3.63) is 70.8 Å². The molecule has 0 saturated heterocycles. The molecule has 0 amide bonds. The number of hydrogen-bond acceptors (Lipinski definition) is 3. The van der Waals surface area contributed by atoms with Crippen LogP contribution in [0.5, 0.6) is 0 Å². The Morgan fingerprint density at radius 3 is 2.57 bits per heavy atom. The van der Waals surface area contributed by atoms with Gasteiger partial charge in [0.1, 0.15) is 0 Å². The van der Waals surface area contributed by atoms with Crippen LogP contribution in [-0.2, 0) is 4.74 Å². The molecule has 1 unspecified atom stereocenters. The second-order valence-corrected chi connectivity index (χ2v) is 5.11. The zero-order chi connectivity index (χ0) is 14.8. The smallest absolute Gasteiger partial charge is 0.338 e. The first-order valence-electron chi connectivity index (χ1n) is 7.10. The minimum Gasteiger partial charge on any atom is -0.462 e. The van der Waals surface area contributed by atoms with Crippen LogP contribution in [0.3, 0.4) is 0 Å². The maximum absolute atomic E-state index is 12.0. The second kappa shape index (κ2) is 5.52. The number of ketones is 1. The van der Waals surface area contributed by atoms with Crippen molar-refractivity contribution in [3.8, 4) is 0 Å². The molecule has 2 aromatic carbocycles. The highest BCUT2D eigenvalue weighted by Gasteiger charge is 2.29.